The molecule has 0 saturated heterocycles. The summed E-state index contributed by atoms with van der Waals surface area (Å²) in [6.45, 7) is 1.98. The maximum Gasteiger partial charge on any atom is 0.124 e. The Balaban J connectivity index is 3.19. The van der Waals surface area contributed by atoms with Crippen LogP contribution in [0.4, 0.5) is 0 Å². The van der Waals surface area contributed by atoms with Gasteiger partial charge in [0.2, 0.25) is 0 Å². The van der Waals surface area contributed by atoms with Gasteiger partial charge in [-0.1, -0.05) is 15.9 Å². The number of rotatable bonds is 2. The van der Waals surface area contributed by atoms with E-state index >= 15 is 0 Å². The highest BCUT2D eigenvalue weighted by molar-refractivity contribution is 9.10. The molecule has 1 rings (SSSR count). The molecule has 3 heteroatoms. The molecule has 0 aliphatic heterocycles. The SMILES string of the molecule is COc1cc(C)c(Br)cc1CO. The van der Waals surface area contributed by atoms with Crippen molar-refractivity contribution in [3.8, 4) is 5.75 Å². The summed E-state index contributed by atoms with van der Waals surface area (Å²) in [5, 5.41) is 8.96. The van der Waals surface area contributed by atoms with Crippen LogP contribution in [-0.2, 0) is 6.61 Å². The number of aliphatic hydroxyl groups excluding tert-OH is 1. The standard InChI is InChI=1S/C9H11BrO2/c1-6-3-9(12-2)7(5-11)4-8(6)10/h3-4,11H,5H2,1-2H3. The average molecular weight is 231 g/mol. The van der Waals surface area contributed by atoms with Crippen molar-refractivity contribution in [2.24, 2.45) is 0 Å². The molecule has 0 unspecified atom stereocenters. The van der Waals surface area contributed by atoms with Gasteiger partial charge in [0.05, 0.1) is 13.7 Å². The smallest absolute Gasteiger partial charge is 0.124 e. The average Bonchev–Trinajstić information content (AvgIpc) is 2.09. The molecule has 0 radical (unpaired) electrons. The second-order valence-electron chi connectivity index (χ2n) is 2.57. The van der Waals surface area contributed by atoms with Crippen LogP contribution in [0.15, 0.2) is 16.6 Å². The second-order valence-corrected chi connectivity index (χ2v) is 3.43. The molecule has 1 aromatic rings. The number of benzene rings is 1. The van der Waals surface area contributed by atoms with E-state index < -0.39 is 0 Å². The molecular formula is C9H11BrO2. The minimum atomic E-state index is 0.00204. The Morgan fingerprint density at radius 2 is 2.17 bits per heavy atom. The summed E-state index contributed by atoms with van der Waals surface area (Å²) >= 11 is 3.38. The van der Waals surface area contributed by atoms with Gasteiger partial charge in [-0.15, -0.1) is 0 Å². The number of aliphatic hydroxyl groups is 1. The Kier molecular flexibility index (Phi) is 3.12. The predicted octanol–water partition coefficient (Wildman–Crippen LogP) is 2.26. The van der Waals surface area contributed by atoms with Gasteiger partial charge in [0.25, 0.3) is 0 Å². The Morgan fingerprint density at radius 1 is 1.50 bits per heavy atom. The van der Waals surface area contributed by atoms with E-state index in [1.54, 1.807) is 7.11 Å². The van der Waals surface area contributed by atoms with Crippen molar-refractivity contribution in [2.45, 2.75) is 13.5 Å². The molecule has 12 heavy (non-hydrogen) atoms. The maximum atomic E-state index is 8.96. The summed E-state index contributed by atoms with van der Waals surface area (Å²) in [7, 11) is 1.60. The van der Waals surface area contributed by atoms with Gasteiger partial charge in [-0.2, -0.15) is 0 Å². The van der Waals surface area contributed by atoms with Crippen LogP contribution in [-0.4, -0.2) is 12.2 Å². The highest BCUT2D eigenvalue weighted by Gasteiger charge is 2.04. The van der Waals surface area contributed by atoms with Crippen molar-refractivity contribution in [3.63, 3.8) is 0 Å². The molecule has 0 heterocycles. The number of methoxy groups -OCH3 is 1. The first-order valence-electron chi connectivity index (χ1n) is 3.63. The fourth-order valence-electron chi connectivity index (χ4n) is 1.01. The highest BCUT2D eigenvalue weighted by Crippen LogP contribution is 2.26. The monoisotopic (exact) mass is 230 g/mol. The van der Waals surface area contributed by atoms with Crippen molar-refractivity contribution in [3.05, 3.63) is 27.7 Å². The molecular weight excluding hydrogens is 220 g/mol. The van der Waals surface area contributed by atoms with Gasteiger partial charge in [-0.3, -0.25) is 0 Å². The van der Waals surface area contributed by atoms with Crippen molar-refractivity contribution in [1.29, 1.82) is 0 Å². The summed E-state index contributed by atoms with van der Waals surface area (Å²) in [5.41, 5.74) is 1.90. The molecule has 0 aliphatic rings. The molecule has 0 aliphatic carbocycles. The van der Waals surface area contributed by atoms with Crippen LogP contribution >= 0.6 is 15.9 Å². The predicted molar refractivity (Wildman–Crippen MR) is 51.4 cm³/mol. The van der Waals surface area contributed by atoms with Gasteiger partial charge >= 0.3 is 0 Å². The van der Waals surface area contributed by atoms with Crippen LogP contribution < -0.4 is 4.74 Å². The first-order valence-corrected chi connectivity index (χ1v) is 4.42. The lowest BCUT2D eigenvalue weighted by molar-refractivity contribution is 0.273. The molecule has 1 N–H and O–H groups in total. The van der Waals surface area contributed by atoms with E-state index in [0.29, 0.717) is 0 Å². The van der Waals surface area contributed by atoms with Crippen molar-refractivity contribution in [1.82, 2.24) is 0 Å². The highest BCUT2D eigenvalue weighted by atomic mass is 79.9. The third-order valence-corrected chi connectivity index (χ3v) is 2.59. The number of hydrogen-bond donors (Lipinski definition) is 1. The zero-order chi connectivity index (χ0) is 9.14. The maximum absolute atomic E-state index is 8.96. The van der Waals surface area contributed by atoms with Gasteiger partial charge in [-0.25, -0.2) is 0 Å². The lowest BCUT2D eigenvalue weighted by Crippen LogP contribution is -1.93. The van der Waals surface area contributed by atoms with Crippen molar-refractivity contribution in [2.75, 3.05) is 7.11 Å². The minimum Gasteiger partial charge on any atom is -0.496 e. The molecule has 0 aromatic heterocycles. The van der Waals surface area contributed by atoms with E-state index in [4.69, 9.17) is 9.84 Å². The van der Waals surface area contributed by atoms with Crippen molar-refractivity contribution >= 4 is 15.9 Å². The fraction of sp³-hybridized carbons (Fsp3) is 0.333. The second kappa shape index (κ2) is 3.92. The number of ether oxygens (including phenoxy) is 1. The third-order valence-electron chi connectivity index (χ3n) is 1.73. The van der Waals surface area contributed by atoms with E-state index in [1.165, 1.54) is 0 Å². The van der Waals surface area contributed by atoms with Crippen LogP contribution in [0, 0.1) is 6.92 Å². The summed E-state index contributed by atoms with van der Waals surface area (Å²) in [5.74, 6) is 0.734. The summed E-state index contributed by atoms with van der Waals surface area (Å²) in [4.78, 5) is 0. The summed E-state index contributed by atoms with van der Waals surface area (Å²) in [6.07, 6.45) is 0. The van der Waals surface area contributed by atoms with E-state index in [-0.39, 0.29) is 6.61 Å². The molecule has 0 atom stereocenters. The lowest BCUT2D eigenvalue weighted by atomic mass is 10.1. The first-order chi connectivity index (χ1) is 5.69. The summed E-state index contributed by atoms with van der Waals surface area (Å²) in [6, 6.07) is 3.77. The topological polar surface area (TPSA) is 29.5 Å². The number of halogens is 1. The number of hydrogen-bond acceptors (Lipinski definition) is 2. The van der Waals surface area contributed by atoms with E-state index in [1.807, 2.05) is 19.1 Å². The van der Waals surface area contributed by atoms with E-state index in [9.17, 15) is 0 Å². The Morgan fingerprint density at radius 3 is 2.67 bits per heavy atom. The Labute approximate surface area is 80.3 Å². The molecule has 0 spiro atoms. The molecule has 0 saturated carbocycles. The molecule has 2 nitrogen and oxygen atoms in total. The van der Waals surface area contributed by atoms with Crippen LogP contribution in [0.25, 0.3) is 0 Å². The van der Waals surface area contributed by atoms with Gasteiger partial charge in [0, 0.05) is 10.0 Å². The van der Waals surface area contributed by atoms with Crippen LogP contribution in [0.2, 0.25) is 0 Å². The van der Waals surface area contributed by atoms with E-state index in [0.717, 1.165) is 21.3 Å². The van der Waals surface area contributed by atoms with E-state index in [2.05, 4.69) is 15.9 Å². The minimum absolute atomic E-state index is 0.00204. The van der Waals surface area contributed by atoms with Gasteiger partial charge in [0.1, 0.15) is 5.75 Å². The number of aryl methyl sites for hydroxylation is 1. The van der Waals surface area contributed by atoms with Crippen LogP contribution in [0.5, 0.6) is 5.75 Å². The largest absolute Gasteiger partial charge is 0.496 e. The third kappa shape index (κ3) is 1.79. The van der Waals surface area contributed by atoms with Crippen LogP contribution in [0.3, 0.4) is 0 Å². The molecule has 66 valence electrons. The van der Waals surface area contributed by atoms with Gasteiger partial charge < -0.3 is 9.84 Å². The Hall–Kier alpha value is -0.540. The van der Waals surface area contributed by atoms with Crippen LogP contribution in [0.1, 0.15) is 11.1 Å². The normalized spacial score (nSPS) is 10.0. The quantitative estimate of drug-likeness (QED) is 0.845. The zero-order valence-corrected chi connectivity index (χ0v) is 8.68. The molecule has 1 aromatic carbocycles. The molecule has 0 amide bonds. The zero-order valence-electron chi connectivity index (χ0n) is 7.10. The molecule has 0 fully saturated rings. The summed E-state index contributed by atoms with van der Waals surface area (Å²) < 4.78 is 6.08. The fourth-order valence-corrected chi connectivity index (χ4v) is 1.40. The van der Waals surface area contributed by atoms with Crippen molar-refractivity contribution < 1.29 is 9.84 Å². The van der Waals surface area contributed by atoms with Gasteiger partial charge in [0.15, 0.2) is 0 Å². The van der Waals surface area contributed by atoms with Gasteiger partial charge in [-0.05, 0) is 24.6 Å². The Bertz CT molecular complexity index is 255. The lowest BCUT2D eigenvalue weighted by Gasteiger charge is -2.08. The first kappa shape index (κ1) is 9.55. The molecule has 0 bridgehead atoms.